The van der Waals surface area contributed by atoms with Gasteiger partial charge in [0.15, 0.2) is 0 Å². The van der Waals surface area contributed by atoms with Gasteiger partial charge in [-0.1, -0.05) is 24.3 Å². The minimum absolute atomic E-state index is 0.193. The van der Waals surface area contributed by atoms with Gasteiger partial charge < -0.3 is 14.8 Å². The lowest BCUT2D eigenvalue weighted by molar-refractivity contribution is -0.142. The number of hydrogen-bond donors (Lipinski definition) is 2. The zero-order valence-electron chi connectivity index (χ0n) is 15.2. The van der Waals surface area contributed by atoms with Crippen LogP contribution in [0.4, 0.5) is 16.2 Å². The van der Waals surface area contributed by atoms with Crippen LogP contribution in [0.3, 0.4) is 0 Å². The lowest BCUT2D eigenvalue weighted by atomic mass is 10.2. The highest BCUT2D eigenvalue weighted by Crippen LogP contribution is 2.13. The Hall–Kier alpha value is -3.02. The number of anilines is 2. The average Bonchev–Trinajstić information content (AvgIpc) is 2.60. The topological polar surface area (TPSA) is 76.7 Å². The largest absolute Gasteiger partial charge is 0.461 e. The van der Waals surface area contributed by atoms with Crippen molar-refractivity contribution in [1.29, 1.82) is 0 Å². The molecule has 6 nitrogen and oxygen atoms in total. The molecule has 0 aromatic heterocycles. The molecule has 0 saturated heterocycles. The second-order valence-corrected chi connectivity index (χ2v) is 6.17. The first-order chi connectivity index (χ1) is 12.4. The highest BCUT2D eigenvalue weighted by Gasteiger charge is 2.05. The average molecular weight is 356 g/mol. The van der Waals surface area contributed by atoms with Crippen LogP contribution in [0.25, 0.3) is 0 Å². The smallest absolute Gasteiger partial charge is 0.411 e. The van der Waals surface area contributed by atoms with E-state index in [1.54, 1.807) is 24.3 Å². The second kappa shape index (κ2) is 9.46. The molecule has 0 heterocycles. The highest BCUT2D eigenvalue weighted by molar-refractivity contribution is 5.84. The molecule has 2 aromatic carbocycles. The second-order valence-electron chi connectivity index (χ2n) is 6.17. The first-order valence-corrected chi connectivity index (χ1v) is 8.44. The van der Waals surface area contributed by atoms with Gasteiger partial charge in [-0.2, -0.15) is 0 Å². The number of amides is 1. The fourth-order valence-corrected chi connectivity index (χ4v) is 2.20. The molecular weight excluding hydrogens is 332 g/mol. The molecule has 2 aromatic rings. The molecule has 2 N–H and O–H groups in total. The predicted molar refractivity (Wildman–Crippen MR) is 101 cm³/mol. The highest BCUT2D eigenvalue weighted by atomic mass is 16.5. The molecule has 0 bridgehead atoms. The molecule has 2 rings (SSSR count). The molecule has 0 aliphatic heterocycles. The summed E-state index contributed by atoms with van der Waals surface area (Å²) in [6.07, 6.45) is -0.526. The maximum atomic E-state index is 11.9. The van der Waals surface area contributed by atoms with Crippen molar-refractivity contribution in [2.45, 2.75) is 40.0 Å². The van der Waals surface area contributed by atoms with E-state index in [1.807, 2.05) is 24.3 Å². The number of hydrogen-bond acceptors (Lipinski definition) is 5. The third-order valence-corrected chi connectivity index (χ3v) is 3.42. The molecule has 0 atom stereocenters. The minimum atomic E-state index is -0.526. The fraction of sp³-hybridized carbons (Fsp3) is 0.300. The first-order valence-electron chi connectivity index (χ1n) is 8.44. The number of nitrogens with one attached hydrogen (secondary N) is 2. The maximum absolute atomic E-state index is 11.9. The van der Waals surface area contributed by atoms with E-state index in [4.69, 9.17) is 9.47 Å². The van der Waals surface area contributed by atoms with Gasteiger partial charge in [-0.15, -0.1) is 0 Å². The van der Waals surface area contributed by atoms with Crippen LogP contribution < -0.4 is 10.6 Å². The molecule has 0 spiro atoms. The lowest BCUT2D eigenvalue weighted by Gasteiger charge is -2.11. The van der Waals surface area contributed by atoms with E-state index < -0.39 is 6.09 Å². The zero-order chi connectivity index (χ0) is 18.9. The molecule has 0 fully saturated rings. The summed E-state index contributed by atoms with van der Waals surface area (Å²) in [6.45, 7) is 5.91. The van der Waals surface area contributed by atoms with E-state index >= 15 is 0 Å². The summed E-state index contributed by atoms with van der Waals surface area (Å²) in [5.41, 5.74) is 3.39. The van der Waals surface area contributed by atoms with Crippen molar-refractivity contribution < 1.29 is 19.1 Å². The Morgan fingerprint density at radius 3 is 1.85 bits per heavy atom. The number of benzene rings is 2. The number of ether oxygens (including phenoxy) is 2. The Morgan fingerprint density at radius 2 is 1.35 bits per heavy atom. The van der Waals surface area contributed by atoms with Crippen LogP contribution in [-0.4, -0.2) is 18.1 Å². The third kappa shape index (κ3) is 6.84. The normalized spacial score (nSPS) is 10.3. The number of esters is 1. The minimum Gasteiger partial charge on any atom is -0.461 e. The maximum Gasteiger partial charge on any atom is 0.411 e. The van der Waals surface area contributed by atoms with Crippen molar-refractivity contribution >= 4 is 23.4 Å². The van der Waals surface area contributed by atoms with E-state index in [0.717, 1.165) is 16.8 Å². The van der Waals surface area contributed by atoms with Crippen LogP contribution in [0.5, 0.6) is 0 Å². The summed E-state index contributed by atoms with van der Waals surface area (Å²) in [6, 6.07) is 15.1. The first kappa shape index (κ1) is 19.3. The summed E-state index contributed by atoms with van der Waals surface area (Å²) in [4.78, 5) is 22.7. The van der Waals surface area contributed by atoms with E-state index in [9.17, 15) is 9.59 Å². The van der Waals surface area contributed by atoms with E-state index in [2.05, 4.69) is 24.5 Å². The van der Waals surface area contributed by atoms with Crippen molar-refractivity contribution in [1.82, 2.24) is 0 Å². The van der Waals surface area contributed by atoms with Gasteiger partial charge in [0, 0.05) is 24.3 Å². The van der Waals surface area contributed by atoms with Gasteiger partial charge in [0.05, 0.1) is 0 Å². The monoisotopic (exact) mass is 356 g/mol. The van der Waals surface area contributed by atoms with Crippen LogP contribution in [0.1, 0.15) is 31.9 Å². The molecule has 0 saturated carbocycles. The standard InChI is InChI=1S/C20H24N2O4/c1-14(2)21-18-8-4-17(5-9-18)13-26-20(24)22-19-10-6-16(7-11-19)12-25-15(3)23/h4-11,14,21H,12-13H2,1-3H3,(H,22,24). The van der Waals surface area contributed by atoms with Crippen molar-refractivity contribution in [2.24, 2.45) is 0 Å². The quantitative estimate of drug-likeness (QED) is 0.723. The Balaban J connectivity index is 1.78. The van der Waals surface area contributed by atoms with Crippen molar-refractivity contribution in [3.63, 3.8) is 0 Å². The summed E-state index contributed by atoms with van der Waals surface area (Å²) < 4.78 is 10.1. The predicted octanol–water partition coefficient (Wildman–Crippen LogP) is 4.32. The Bertz CT molecular complexity index is 724. The SMILES string of the molecule is CC(=O)OCc1ccc(NC(=O)OCc2ccc(NC(C)C)cc2)cc1. The van der Waals surface area contributed by atoms with Gasteiger partial charge in [0.25, 0.3) is 0 Å². The Kier molecular flexibility index (Phi) is 7.02. The van der Waals surface area contributed by atoms with Gasteiger partial charge in [-0.3, -0.25) is 10.1 Å². The van der Waals surface area contributed by atoms with Gasteiger partial charge in [0.1, 0.15) is 13.2 Å². The summed E-state index contributed by atoms with van der Waals surface area (Å²) >= 11 is 0. The molecule has 0 aliphatic rings. The molecule has 138 valence electrons. The van der Waals surface area contributed by atoms with Crippen LogP contribution in [0, 0.1) is 0 Å². The third-order valence-electron chi connectivity index (χ3n) is 3.42. The van der Waals surface area contributed by atoms with Crippen molar-refractivity contribution in [2.75, 3.05) is 10.6 Å². The van der Waals surface area contributed by atoms with Crippen LogP contribution in [0.2, 0.25) is 0 Å². The molecule has 0 radical (unpaired) electrons. The summed E-state index contributed by atoms with van der Waals surface area (Å²) in [5.74, 6) is -0.330. The van der Waals surface area contributed by atoms with E-state index in [0.29, 0.717) is 11.7 Å². The Labute approximate surface area is 153 Å². The molecule has 26 heavy (non-hydrogen) atoms. The van der Waals surface area contributed by atoms with E-state index in [-0.39, 0.29) is 19.2 Å². The summed E-state index contributed by atoms with van der Waals surface area (Å²) in [7, 11) is 0. The number of carbonyl (C=O) groups excluding carboxylic acids is 2. The molecule has 6 heteroatoms. The fourth-order valence-electron chi connectivity index (χ4n) is 2.20. The Morgan fingerprint density at radius 1 is 0.846 bits per heavy atom. The zero-order valence-corrected chi connectivity index (χ0v) is 15.2. The van der Waals surface area contributed by atoms with Crippen molar-refractivity contribution in [3.05, 3.63) is 59.7 Å². The van der Waals surface area contributed by atoms with E-state index in [1.165, 1.54) is 6.92 Å². The van der Waals surface area contributed by atoms with Crippen LogP contribution in [0.15, 0.2) is 48.5 Å². The van der Waals surface area contributed by atoms with Gasteiger partial charge in [0.2, 0.25) is 0 Å². The molecular formula is C20H24N2O4. The van der Waals surface area contributed by atoms with Crippen LogP contribution in [-0.2, 0) is 27.5 Å². The van der Waals surface area contributed by atoms with Crippen LogP contribution >= 0.6 is 0 Å². The molecule has 0 unspecified atom stereocenters. The number of carbonyl (C=O) groups is 2. The molecule has 1 amide bonds. The number of rotatable bonds is 7. The lowest BCUT2D eigenvalue weighted by Crippen LogP contribution is -2.13. The van der Waals surface area contributed by atoms with Crippen molar-refractivity contribution in [3.8, 4) is 0 Å². The van der Waals surface area contributed by atoms with Gasteiger partial charge >= 0.3 is 12.1 Å². The van der Waals surface area contributed by atoms with Gasteiger partial charge in [-0.25, -0.2) is 4.79 Å². The summed E-state index contributed by atoms with van der Waals surface area (Å²) in [5, 5.41) is 5.96. The molecule has 0 aliphatic carbocycles. The van der Waals surface area contributed by atoms with Gasteiger partial charge in [-0.05, 0) is 49.2 Å².